The van der Waals surface area contributed by atoms with Crippen LogP contribution in [0.4, 0.5) is 0 Å². The number of hydrogen-bond donors (Lipinski definition) is 0. The molecule has 2 unspecified atom stereocenters. The van der Waals surface area contributed by atoms with Crippen LogP contribution in [0, 0.1) is 0 Å². The molecule has 3 aromatic carbocycles. The third kappa shape index (κ3) is 5.44. The van der Waals surface area contributed by atoms with E-state index in [1.165, 1.54) is 5.39 Å². The van der Waals surface area contributed by atoms with Gasteiger partial charge in [-0.2, -0.15) is 0 Å². The number of ether oxygens (including phenoxy) is 3. The maximum atomic E-state index is 13.5. The summed E-state index contributed by atoms with van der Waals surface area (Å²) < 4.78 is 17.5. The van der Waals surface area contributed by atoms with Crippen LogP contribution in [0.15, 0.2) is 54.6 Å². The lowest BCUT2D eigenvalue weighted by Gasteiger charge is -2.40. The zero-order valence-electron chi connectivity index (χ0n) is 22.1. The summed E-state index contributed by atoms with van der Waals surface area (Å²) in [6.45, 7) is 4.95. The molecule has 6 nitrogen and oxygen atoms in total. The topological polar surface area (TPSA) is 51.2 Å². The van der Waals surface area contributed by atoms with Crippen LogP contribution in [0.1, 0.15) is 44.2 Å². The lowest BCUT2D eigenvalue weighted by atomic mass is 10.0. The van der Waals surface area contributed by atoms with E-state index < -0.39 is 0 Å². The van der Waals surface area contributed by atoms with Crippen LogP contribution in [0.3, 0.4) is 0 Å². The zero-order valence-corrected chi connectivity index (χ0v) is 22.1. The van der Waals surface area contributed by atoms with Crippen molar-refractivity contribution >= 4 is 16.7 Å². The summed E-state index contributed by atoms with van der Waals surface area (Å²) in [7, 11) is 5.34. The molecule has 0 spiro atoms. The fourth-order valence-electron chi connectivity index (χ4n) is 5.22. The van der Waals surface area contributed by atoms with Crippen molar-refractivity contribution in [1.29, 1.82) is 0 Å². The number of benzene rings is 3. The van der Waals surface area contributed by atoms with Gasteiger partial charge in [-0.05, 0) is 72.5 Å². The van der Waals surface area contributed by atoms with E-state index in [1.807, 2.05) is 35.2 Å². The van der Waals surface area contributed by atoms with Gasteiger partial charge in [0.25, 0.3) is 0 Å². The van der Waals surface area contributed by atoms with E-state index in [0.29, 0.717) is 24.5 Å². The highest BCUT2D eigenvalue weighted by molar-refractivity contribution is 5.83. The second-order valence-electron chi connectivity index (χ2n) is 9.41. The Morgan fingerprint density at radius 1 is 0.944 bits per heavy atom. The highest BCUT2D eigenvalue weighted by atomic mass is 16.5. The second-order valence-corrected chi connectivity index (χ2v) is 9.41. The van der Waals surface area contributed by atoms with Crippen LogP contribution in [-0.2, 0) is 17.6 Å². The van der Waals surface area contributed by atoms with E-state index in [1.54, 1.807) is 14.2 Å². The third-order valence-electron chi connectivity index (χ3n) is 7.17. The molecule has 0 saturated heterocycles. The van der Waals surface area contributed by atoms with Gasteiger partial charge in [-0.25, -0.2) is 0 Å². The normalized spacial score (nSPS) is 15.4. The molecule has 0 aliphatic carbocycles. The minimum absolute atomic E-state index is 0.0624. The first kappa shape index (κ1) is 25.8. The van der Waals surface area contributed by atoms with Crippen molar-refractivity contribution in [3.8, 4) is 17.2 Å². The summed E-state index contributed by atoms with van der Waals surface area (Å²) >= 11 is 0. The predicted octanol–water partition coefficient (Wildman–Crippen LogP) is 5.66. The Labute approximate surface area is 214 Å². The smallest absolute Gasteiger partial charge is 0.228 e. The molecule has 1 amide bonds. The van der Waals surface area contributed by atoms with Gasteiger partial charge in [-0.15, -0.1) is 0 Å². The molecule has 0 radical (unpaired) electrons. The Morgan fingerprint density at radius 3 is 2.31 bits per heavy atom. The highest BCUT2D eigenvalue weighted by Gasteiger charge is 2.32. The molecule has 2 atom stereocenters. The van der Waals surface area contributed by atoms with Gasteiger partial charge in [0.1, 0.15) is 5.75 Å². The van der Waals surface area contributed by atoms with Crippen molar-refractivity contribution < 1.29 is 19.0 Å². The molecule has 4 rings (SSSR count). The molecule has 36 heavy (non-hydrogen) atoms. The number of carbonyl (C=O) groups is 1. The third-order valence-corrected chi connectivity index (χ3v) is 7.17. The average Bonchev–Trinajstić information content (AvgIpc) is 3.05. The van der Waals surface area contributed by atoms with Crippen LogP contribution >= 0.6 is 0 Å². The Morgan fingerprint density at radius 2 is 1.64 bits per heavy atom. The Bertz CT molecular complexity index is 1190. The fraction of sp³-hybridized carbons (Fsp3) is 0.433. The van der Waals surface area contributed by atoms with E-state index in [2.05, 4.69) is 50.1 Å². The average molecular weight is 491 g/mol. The summed E-state index contributed by atoms with van der Waals surface area (Å²) in [5.41, 5.74) is 2.15. The fourth-order valence-corrected chi connectivity index (χ4v) is 5.22. The van der Waals surface area contributed by atoms with E-state index in [0.717, 1.165) is 47.9 Å². The number of carbonyl (C=O) groups excluding carboxylic acids is 1. The zero-order chi connectivity index (χ0) is 25.7. The predicted molar refractivity (Wildman–Crippen MR) is 144 cm³/mol. The van der Waals surface area contributed by atoms with Crippen LogP contribution in [0.2, 0.25) is 0 Å². The van der Waals surface area contributed by atoms with Crippen molar-refractivity contribution in [3.63, 3.8) is 0 Å². The first-order valence-corrected chi connectivity index (χ1v) is 12.9. The molecule has 192 valence electrons. The van der Waals surface area contributed by atoms with Gasteiger partial charge in [-0.1, -0.05) is 50.6 Å². The molecule has 3 aromatic rings. The van der Waals surface area contributed by atoms with E-state index >= 15 is 0 Å². The van der Waals surface area contributed by atoms with Crippen LogP contribution in [0.25, 0.3) is 10.8 Å². The summed E-state index contributed by atoms with van der Waals surface area (Å²) in [6.07, 6.45) is 3.59. The maximum Gasteiger partial charge on any atom is 0.228 e. The van der Waals surface area contributed by atoms with E-state index in [4.69, 9.17) is 14.2 Å². The number of nitrogens with zero attached hydrogens (tertiary/aromatic N) is 2. The molecule has 1 heterocycles. The molecule has 0 aromatic heterocycles. The molecular formula is C30H38N2O4. The number of fused-ring (bicyclic) bond motifs is 2. The minimum atomic E-state index is -0.139. The molecule has 0 saturated carbocycles. The van der Waals surface area contributed by atoms with Crippen molar-refractivity contribution in [2.24, 2.45) is 0 Å². The van der Waals surface area contributed by atoms with Crippen LogP contribution < -0.4 is 14.2 Å². The lowest BCUT2D eigenvalue weighted by Crippen LogP contribution is -2.54. The van der Waals surface area contributed by atoms with Crippen molar-refractivity contribution in [2.45, 2.75) is 58.3 Å². The number of amides is 1. The summed E-state index contributed by atoms with van der Waals surface area (Å²) in [5, 5.41) is 2.35. The van der Waals surface area contributed by atoms with Crippen molar-refractivity contribution in [2.75, 3.05) is 27.8 Å². The molecule has 0 bridgehead atoms. The van der Waals surface area contributed by atoms with Gasteiger partial charge in [0, 0.05) is 6.54 Å². The molecule has 0 N–H and O–H groups in total. The van der Waals surface area contributed by atoms with Gasteiger partial charge in [0.2, 0.25) is 5.91 Å². The Kier molecular flexibility index (Phi) is 8.36. The minimum Gasteiger partial charge on any atom is -0.493 e. The molecule has 6 heteroatoms. The monoisotopic (exact) mass is 490 g/mol. The summed E-state index contributed by atoms with van der Waals surface area (Å²) in [4.78, 5) is 17.8. The maximum absolute atomic E-state index is 13.5. The van der Waals surface area contributed by atoms with Gasteiger partial charge < -0.3 is 19.1 Å². The van der Waals surface area contributed by atoms with Crippen molar-refractivity contribution in [1.82, 2.24) is 9.80 Å². The SMILES string of the molecule is CCCC(Oc1ccc2ccccc2c1)N(C)C(CC)N1CCc2cc(OC)c(OC)cc2CC1=O. The molecule has 1 aliphatic rings. The highest BCUT2D eigenvalue weighted by Crippen LogP contribution is 2.33. The van der Waals surface area contributed by atoms with Crippen LogP contribution in [-0.4, -0.2) is 55.9 Å². The van der Waals surface area contributed by atoms with Crippen LogP contribution in [0.5, 0.6) is 17.2 Å². The van der Waals surface area contributed by atoms with Crippen molar-refractivity contribution in [3.05, 3.63) is 65.7 Å². The molecule has 1 aliphatic heterocycles. The van der Waals surface area contributed by atoms with E-state index in [-0.39, 0.29) is 18.3 Å². The Hall–Kier alpha value is -3.25. The second kappa shape index (κ2) is 11.7. The Balaban J connectivity index is 1.55. The van der Waals surface area contributed by atoms with Gasteiger partial charge in [0.05, 0.1) is 26.8 Å². The van der Waals surface area contributed by atoms with Gasteiger partial charge in [0.15, 0.2) is 17.7 Å². The number of hydrogen-bond acceptors (Lipinski definition) is 5. The van der Waals surface area contributed by atoms with E-state index in [9.17, 15) is 4.79 Å². The summed E-state index contributed by atoms with van der Waals surface area (Å²) in [5.74, 6) is 2.34. The van der Waals surface area contributed by atoms with Gasteiger partial charge >= 0.3 is 0 Å². The number of rotatable bonds is 10. The molecular weight excluding hydrogens is 452 g/mol. The van der Waals surface area contributed by atoms with Gasteiger partial charge in [-0.3, -0.25) is 9.69 Å². The largest absolute Gasteiger partial charge is 0.493 e. The molecule has 0 fully saturated rings. The first-order chi connectivity index (χ1) is 17.5. The lowest BCUT2D eigenvalue weighted by molar-refractivity contribution is -0.140. The number of methoxy groups -OCH3 is 2. The summed E-state index contributed by atoms with van der Waals surface area (Å²) in [6, 6.07) is 18.5. The quantitative estimate of drug-likeness (QED) is 0.344. The standard InChI is InChI=1S/C30H38N2O4/c1-6-10-30(36-25-14-13-21-11-8-9-12-22(21)17-25)31(3)28(7-2)32-16-15-23-18-26(34-4)27(35-5)19-24(23)20-29(32)33/h8-9,11-14,17-19,28,30H,6-7,10,15-16,20H2,1-5H3. The first-order valence-electron chi connectivity index (χ1n) is 12.9.